The second-order valence-corrected chi connectivity index (χ2v) is 7.49. The molecule has 0 radical (unpaired) electrons. The number of benzene rings is 2. The number of aryl methyl sites for hydroxylation is 1. The van der Waals surface area contributed by atoms with E-state index >= 15 is 0 Å². The lowest BCUT2D eigenvalue weighted by Crippen LogP contribution is -2.36. The highest BCUT2D eigenvalue weighted by atomic mass is 32.2. The first-order chi connectivity index (χ1) is 10.9. The molecule has 1 aliphatic heterocycles. The number of nitriles is 1. The molecule has 0 bridgehead atoms. The maximum Gasteiger partial charge on any atom is 0.243 e. The Morgan fingerprint density at radius 3 is 2.78 bits per heavy atom. The Kier molecular flexibility index (Phi) is 3.92. The summed E-state index contributed by atoms with van der Waals surface area (Å²) in [5, 5.41) is 8.88. The van der Waals surface area contributed by atoms with Crippen molar-refractivity contribution in [2.45, 2.75) is 24.8 Å². The SMILES string of the molecule is Cc1cccc2c1CCN(S(=O)(=O)c1ccc(F)c(C#N)c1)C2. The van der Waals surface area contributed by atoms with Gasteiger partial charge in [0.05, 0.1) is 10.5 Å². The Balaban J connectivity index is 1.97. The van der Waals surface area contributed by atoms with Crippen molar-refractivity contribution in [1.82, 2.24) is 4.31 Å². The average Bonchev–Trinajstić information content (AvgIpc) is 2.55. The summed E-state index contributed by atoms with van der Waals surface area (Å²) in [6, 6.07) is 10.9. The van der Waals surface area contributed by atoms with Crippen molar-refractivity contribution >= 4 is 10.0 Å². The van der Waals surface area contributed by atoms with Gasteiger partial charge in [-0.15, -0.1) is 0 Å². The van der Waals surface area contributed by atoms with Crippen molar-refractivity contribution in [3.8, 4) is 6.07 Å². The van der Waals surface area contributed by atoms with Crippen LogP contribution < -0.4 is 0 Å². The number of fused-ring (bicyclic) bond motifs is 1. The predicted molar refractivity (Wildman–Crippen MR) is 83.6 cm³/mol. The second-order valence-electron chi connectivity index (χ2n) is 5.55. The van der Waals surface area contributed by atoms with Crippen LogP contribution in [0, 0.1) is 24.1 Å². The maximum atomic E-state index is 13.4. The molecule has 0 aliphatic carbocycles. The Hall–Kier alpha value is -2.23. The van der Waals surface area contributed by atoms with Gasteiger partial charge in [-0.2, -0.15) is 9.57 Å². The van der Waals surface area contributed by atoms with Crippen LogP contribution in [0.1, 0.15) is 22.3 Å². The third kappa shape index (κ3) is 2.74. The Bertz CT molecular complexity index is 917. The monoisotopic (exact) mass is 330 g/mol. The lowest BCUT2D eigenvalue weighted by molar-refractivity contribution is 0.390. The molecule has 0 N–H and O–H groups in total. The molecule has 1 aliphatic rings. The fourth-order valence-electron chi connectivity index (χ4n) is 2.88. The zero-order valence-corrected chi connectivity index (χ0v) is 13.4. The summed E-state index contributed by atoms with van der Waals surface area (Å²) in [5.41, 5.74) is 3.07. The van der Waals surface area contributed by atoms with Gasteiger partial charge in [-0.25, -0.2) is 12.8 Å². The van der Waals surface area contributed by atoms with Crippen LogP contribution in [0.5, 0.6) is 0 Å². The Labute approximate surface area is 134 Å². The van der Waals surface area contributed by atoms with E-state index in [2.05, 4.69) is 0 Å². The van der Waals surface area contributed by atoms with E-state index in [0.717, 1.165) is 23.3 Å². The summed E-state index contributed by atoms with van der Waals surface area (Å²) in [6.07, 6.45) is 0.646. The molecule has 0 saturated heterocycles. The van der Waals surface area contributed by atoms with Crippen molar-refractivity contribution in [3.63, 3.8) is 0 Å². The third-order valence-electron chi connectivity index (χ3n) is 4.16. The molecule has 2 aromatic carbocycles. The highest BCUT2D eigenvalue weighted by Gasteiger charge is 2.29. The number of rotatable bonds is 2. The van der Waals surface area contributed by atoms with Crippen LogP contribution in [-0.4, -0.2) is 19.3 Å². The van der Waals surface area contributed by atoms with Gasteiger partial charge in [0.25, 0.3) is 0 Å². The van der Waals surface area contributed by atoms with E-state index in [0.29, 0.717) is 19.5 Å². The van der Waals surface area contributed by atoms with Gasteiger partial charge in [-0.05, 0) is 48.2 Å². The van der Waals surface area contributed by atoms with Crippen molar-refractivity contribution in [2.75, 3.05) is 6.54 Å². The van der Waals surface area contributed by atoms with Gasteiger partial charge in [0.2, 0.25) is 10.0 Å². The van der Waals surface area contributed by atoms with Crippen LogP contribution in [0.3, 0.4) is 0 Å². The highest BCUT2D eigenvalue weighted by molar-refractivity contribution is 7.89. The van der Waals surface area contributed by atoms with Crippen LogP contribution in [-0.2, 0) is 23.0 Å². The van der Waals surface area contributed by atoms with Gasteiger partial charge in [0, 0.05) is 13.1 Å². The highest BCUT2D eigenvalue weighted by Crippen LogP contribution is 2.27. The van der Waals surface area contributed by atoms with Gasteiger partial charge < -0.3 is 0 Å². The standard InChI is InChI=1S/C17H15FN2O2S/c1-12-3-2-4-13-11-20(8-7-16(12)13)23(21,22)15-5-6-17(18)14(9-15)10-19/h2-6,9H,7-8,11H2,1H3. The molecule has 0 fully saturated rings. The second kappa shape index (κ2) is 5.76. The zero-order valence-electron chi connectivity index (χ0n) is 12.6. The first-order valence-corrected chi connectivity index (χ1v) is 8.64. The third-order valence-corrected chi connectivity index (χ3v) is 6.00. The van der Waals surface area contributed by atoms with Crippen LogP contribution >= 0.6 is 0 Å². The maximum absolute atomic E-state index is 13.4. The van der Waals surface area contributed by atoms with Gasteiger partial charge in [0.15, 0.2) is 0 Å². The minimum absolute atomic E-state index is 0.0495. The van der Waals surface area contributed by atoms with E-state index in [1.54, 1.807) is 6.07 Å². The van der Waals surface area contributed by atoms with Crippen LogP contribution in [0.2, 0.25) is 0 Å². The summed E-state index contributed by atoms with van der Waals surface area (Å²) in [6.45, 7) is 2.68. The zero-order chi connectivity index (χ0) is 16.6. The molecule has 0 atom stereocenters. The quantitative estimate of drug-likeness (QED) is 0.850. The van der Waals surface area contributed by atoms with E-state index in [1.165, 1.54) is 15.9 Å². The minimum atomic E-state index is -3.75. The smallest absolute Gasteiger partial charge is 0.207 e. The van der Waals surface area contributed by atoms with Crippen LogP contribution in [0.15, 0.2) is 41.3 Å². The van der Waals surface area contributed by atoms with Crippen LogP contribution in [0.25, 0.3) is 0 Å². The topological polar surface area (TPSA) is 61.2 Å². The molecule has 1 heterocycles. The van der Waals surface area contributed by atoms with Crippen molar-refractivity contribution in [1.29, 1.82) is 5.26 Å². The van der Waals surface area contributed by atoms with E-state index in [1.807, 2.05) is 25.1 Å². The number of hydrogen-bond acceptors (Lipinski definition) is 3. The number of sulfonamides is 1. The van der Waals surface area contributed by atoms with E-state index in [-0.39, 0.29) is 10.5 Å². The molecule has 3 rings (SSSR count). The lowest BCUT2D eigenvalue weighted by Gasteiger charge is -2.29. The van der Waals surface area contributed by atoms with Gasteiger partial charge in [-0.3, -0.25) is 0 Å². The van der Waals surface area contributed by atoms with E-state index in [9.17, 15) is 12.8 Å². The molecule has 118 valence electrons. The average molecular weight is 330 g/mol. The summed E-state index contributed by atoms with van der Waals surface area (Å²) in [7, 11) is -3.75. The molecule has 0 saturated carbocycles. The lowest BCUT2D eigenvalue weighted by atomic mass is 9.96. The number of hydrogen-bond donors (Lipinski definition) is 0. The molecule has 0 amide bonds. The molecule has 0 unspecified atom stereocenters. The molecule has 2 aromatic rings. The molecule has 23 heavy (non-hydrogen) atoms. The normalized spacial score (nSPS) is 15.0. The summed E-state index contributed by atoms with van der Waals surface area (Å²) in [4.78, 5) is -0.0495. The van der Waals surface area contributed by atoms with Crippen molar-refractivity contribution < 1.29 is 12.8 Å². The predicted octanol–water partition coefficient (Wildman–Crippen LogP) is 2.75. The van der Waals surface area contributed by atoms with Gasteiger partial charge >= 0.3 is 0 Å². The summed E-state index contributed by atoms with van der Waals surface area (Å²) >= 11 is 0. The molecule has 0 spiro atoms. The van der Waals surface area contributed by atoms with E-state index < -0.39 is 15.8 Å². The largest absolute Gasteiger partial charge is 0.243 e. The molecule has 6 heteroatoms. The van der Waals surface area contributed by atoms with Gasteiger partial charge in [0.1, 0.15) is 11.9 Å². The van der Waals surface area contributed by atoms with Crippen molar-refractivity contribution in [2.24, 2.45) is 0 Å². The summed E-state index contributed by atoms with van der Waals surface area (Å²) < 4.78 is 40.3. The fraction of sp³-hybridized carbons (Fsp3) is 0.235. The van der Waals surface area contributed by atoms with Crippen molar-refractivity contribution in [3.05, 3.63) is 64.5 Å². The molecule has 4 nitrogen and oxygen atoms in total. The number of halogens is 1. The first-order valence-electron chi connectivity index (χ1n) is 7.20. The minimum Gasteiger partial charge on any atom is -0.207 e. The molecular weight excluding hydrogens is 315 g/mol. The first kappa shape index (κ1) is 15.7. The van der Waals surface area contributed by atoms with E-state index in [4.69, 9.17) is 5.26 Å². The van der Waals surface area contributed by atoms with Crippen LogP contribution in [0.4, 0.5) is 4.39 Å². The molecule has 0 aromatic heterocycles. The van der Waals surface area contributed by atoms with Gasteiger partial charge in [-0.1, -0.05) is 18.2 Å². The fourth-order valence-corrected chi connectivity index (χ4v) is 4.32. The number of nitrogens with zero attached hydrogens (tertiary/aromatic N) is 2. The molecular formula is C17H15FN2O2S. The summed E-state index contributed by atoms with van der Waals surface area (Å²) in [5.74, 6) is -0.717. The Morgan fingerprint density at radius 1 is 1.26 bits per heavy atom. The Morgan fingerprint density at radius 2 is 2.04 bits per heavy atom.